The summed E-state index contributed by atoms with van der Waals surface area (Å²) in [7, 11) is 0. The molecule has 2 unspecified atom stereocenters. The highest BCUT2D eigenvalue weighted by molar-refractivity contribution is 5.98. The normalized spacial score (nSPS) is 16.3. The number of anilines is 4. The number of hydrogen-bond donors (Lipinski definition) is 6. The van der Waals surface area contributed by atoms with Gasteiger partial charge in [-0.1, -0.05) is 116 Å². The van der Waals surface area contributed by atoms with Gasteiger partial charge < -0.3 is 42.2 Å². The van der Waals surface area contributed by atoms with Crippen molar-refractivity contribution in [3.05, 3.63) is 178 Å². The lowest BCUT2D eigenvalue weighted by molar-refractivity contribution is 0.0464. The van der Waals surface area contributed by atoms with Crippen molar-refractivity contribution >= 4 is 57.9 Å². The van der Waals surface area contributed by atoms with Gasteiger partial charge in [-0.15, -0.1) is 0 Å². The van der Waals surface area contributed by atoms with E-state index in [1.807, 2.05) is 97.1 Å². The minimum absolute atomic E-state index is 0.128. The lowest BCUT2D eigenvalue weighted by atomic mass is 9.63. The van der Waals surface area contributed by atoms with Crippen LogP contribution in [0.5, 0.6) is 0 Å². The van der Waals surface area contributed by atoms with Gasteiger partial charge in [-0.2, -0.15) is 0 Å². The highest BCUT2D eigenvalue weighted by Crippen LogP contribution is 2.45. The molecule has 298 valence electrons. The molecule has 0 saturated heterocycles. The SMILES string of the molecule is CC12C=CC=CC1C(CNC(=O)Nc1ccc(C(=O)OCc3ccccc3)cc1N)=c1ccccc1=C2CNC(=O)Nc1ccc(C(=O)OCc2ccccc2)cc1N. The highest BCUT2D eigenvalue weighted by atomic mass is 16.5. The van der Waals surface area contributed by atoms with E-state index in [1.54, 1.807) is 24.3 Å². The number of ether oxygens (including phenoxy) is 2. The van der Waals surface area contributed by atoms with Gasteiger partial charge in [0.1, 0.15) is 13.2 Å². The number of urea groups is 2. The van der Waals surface area contributed by atoms with Crippen molar-refractivity contribution in [2.24, 2.45) is 11.3 Å². The first-order chi connectivity index (χ1) is 28.6. The standard InChI is InChI=1S/C47H44N6O6/c1-47-23-11-10-18-37(47)36(26-50-45(56)52-41-21-19-32(24-39(41)48)43(54)58-28-30-12-4-2-5-13-30)34-16-8-9-17-35(34)38(47)27-51-46(57)53-42-22-20-33(25-40(42)49)44(55)59-29-31-14-6-3-7-15-31/h2-25,37H,26-29,48-49H2,1H3,(H2,50,52,56)(H2,51,53,57). The summed E-state index contributed by atoms with van der Waals surface area (Å²) in [6.07, 6.45) is 8.18. The number of amides is 4. The van der Waals surface area contributed by atoms with Crippen molar-refractivity contribution in [1.29, 1.82) is 0 Å². The maximum atomic E-state index is 13.3. The summed E-state index contributed by atoms with van der Waals surface area (Å²) in [6.45, 7) is 2.81. The average molecular weight is 789 g/mol. The first kappa shape index (κ1) is 39.6. The van der Waals surface area contributed by atoms with Gasteiger partial charge in [0, 0.05) is 24.4 Å². The number of hydrogen-bond acceptors (Lipinski definition) is 8. The Labute approximate surface area is 341 Å². The molecule has 0 aromatic heterocycles. The fourth-order valence-electron chi connectivity index (χ4n) is 7.37. The Hall–Kier alpha value is -7.60. The number of carbonyl (C=O) groups is 4. The molecular weight excluding hydrogens is 745 g/mol. The van der Waals surface area contributed by atoms with E-state index in [-0.39, 0.29) is 54.7 Å². The van der Waals surface area contributed by atoms with Crippen LogP contribution < -0.4 is 43.2 Å². The quantitative estimate of drug-likeness (QED) is 0.0631. The maximum absolute atomic E-state index is 13.3. The Morgan fingerprint density at radius 2 is 1.10 bits per heavy atom. The first-order valence-electron chi connectivity index (χ1n) is 19.1. The van der Waals surface area contributed by atoms with E-state index >= 15 is 0 Å². The van der Waals surface area contributed by atoms with E-state index in [4.69, 9.17) is 20.9 Å². The number of rotatable bonds is 12. The monoisotopic (exact) mass is 788 g/mol. The molecular formula is C47H44N6O6. The second-order valence-corrected chi connectivity index (χ2v) is 14.4. The molecule has 2 aliphatic rings. The first-order valence-corrected chi connectivity index (χ1v) is 19.1. The number of nitrogens with two attached hydrogens (primary N) is 2. The van der Waals surface area contributed by atoms with Crippen LogP contribution in [0.1, 0.15) is 38.8 Å². The van der Waals surface area contributed by atoms with Crippen molar-refractivity contribution in [2.45, 2.75) is 20.1 Å². The molecule has 0 heterocycles. The molecule has 12 nitrogen and oxygen atoms in total. The third kappa shape index (κ3) is 9.18. The van der Waals surface area contributed by atoms with E-state index in [0.717, 1.165) is 32.7 Å². The number of fused-ring (bicyclic) bond motifs is 2. The number of nitrogen functional groups attached to an aromatic ring is 2. The van der Waals surface area contributed by atoms with Crippen molar-refractivity contribution in [3.8, 4) is 0 Å². The van der Waals surface area contributed by atoms with Crippen LogP contribution in [0.25, 0.3) is 11.1 Å². The van der Waals surface area contributed by atoms with Gasteiger partial charge in [-0.05, 0) is 69.1 Å². The molecule has 0 bridgehead atoms. The van der Waals surface area contributed by atoms with Gasteiger partial charge in [-0.25, -0.2) is 19.2 Å². The number of esters is 2. The minimum Gasteiger partial charge on any atom is -0.457 e. The molecule has 0 aliphatic heterocycles. The molecule has 5 aromatic rings. The summed E-state index contributed by atoms with van der Waals surface area (Å²) >= 11 is 0. The van der Waals surface area contributed by atoms with Crippen LogP contribution in [0.2, 0.25) is 0 Å². The second kappa shape index (κ2) is 17.7. The van der Waals surface area contributed by atoms with E-state index in [9.17, 15) is 19.2 Å². The summed E-state index contributed by atoms with van der Waals surface area (Å²) in [5.74, 6) is -1.19. The Morgan fingerprint density at radius 3 is 1.63 bits per heavy atom. The van der Waals surface area contributed by atoms with E-state index in [2.05, 4.69) is 40.3 Å². The van der Waals surface area contributed by atoms with Crippen LogP contribution in [0.15, 0.2) is 146 Å². The van der Waals surface area contributed by atoms with Crippen LogP contribution in [-0.4, -0.2) is 37.1 Å². The summed E-state index contributed by atoms with van der Waals surface area (Å²) < 4.78 is 10.8. The average Bonchev–Trinajstić information content (AvgIpc) is 3.25. The van der Waals surface area contributed by atoms with Crippen LogP contribution in [-0.2, 0) is 22.7 Å². The molecule has 0 saturated carbocycles. The third-order valence-electron chi connectivity index (χ3n) is 10.5. The smallest absolute Gasteiger partial charge is 0.338 e. The fourth-order valence-corrected chi connectivity index (χ4v) is 7.37. The highest BCUT2D eigenvalue weighted by Gasteiger charge is 2.40. The minimum atomic E-state index is -0.542. The zero-order chi connectivity index (χ0) is 41.4. The van der Waals surface area contributed by atoms with Crippen LogP contribution in [0, 0.1) is 11.3 Å². The number of benzene rings is 5. The van der Waals surface area contributed by atoms with Crippen molar-refractivity contribution in [1.82, 2.24) is 10.6 Å². The van der Waals surface area contributed by atoms with Crippen molar-refractivity contribution < 1.29 is 28.7 Å². The number of allylic oxidation sites excluding steroid dienone is 4. The molecule has 0 spiro atoms. The second-order valence-electron chi connectivity index (χ2n) is 14.4. The Bertz CT molecular complexity index is 2590. The lowest BCUT2D eigenvalue weighted by Gasteiger charge is -2.42. The van der Waals surface area contributed by atoms with Crippen molar-refractivity contribution in [2.75, 3.05) is 35.2 Å². The lowest BCUT2D eigenvalue weighted by Crippen LogP contribution is -2.50. The molecule has 4 amide bonds. The summed E-state index contributed by atoms with van der Waals surface area (Å²) in [4.78, 5) is 51.9. The van der Waals surface area contributed by atoms with Crippen LogP contribution in [0.4, 0.5) is 32.3 Å². The topological polar surface area (TPSA) is 187 Å². The molecule has 0 radical (unpaired) electrons. The van der Waals surface area contributed by atoms with Gasteiger partial charge in [-0.3, -0.25) is 0 Å². The summed E-state index contributed by atoms with van der Waals surface area (Å²) in [5.41, 5.74) is 17.3. The maximum Gasteiger partial charge on any atom is 0.338 e. The van der Waals surface area contributed by atoms with Crippen LogP contribution in [0.3, 0.4) is 0 Å². The van der Waals surface area contributed by atoms with Gasteiger partial charge in [0.15, 0.2) is 0 Å². The molecule has 8 N–H and O–H groups in total. The Balaban J connectivity index is 1.01. The number of carbonyl (C=O) groups excluding carboxylic acids is 4. The zero-order valence-corrected chi connectivity index (χ0v) is 32.4. The zero-order valence-electron chi connectivity index (χ0n) is 32.4. The summed E-state index contributed by atoms with van der Waals surface area (Å²) in [6, 6.07) is 34.9. The molecule has 12 heteroatoms. The largest absolute Gasteiger partial charge is 0.457 e. The van der Waals surface area contributed by atoms with Crippen LogP contribution >= 0.6 is 0 Å². The molecule has 2 atom stereocenters. The van der Waals surface area contributed by atoms with Gasteiger partial charge in [0.05, 0.1) is 33.9 Å². The molecule has 2 aliphatic carbocycles. The predicted molar refractivity (Wildman–Crippen MR) is 229 cm³/mol. The van der Waals surface area contributed by atoms with E-state index in [0.29, 0.717) is 11.4 Å². The summed E-state index contributed by atoms with van der Waals surface area (Å²) in [5, 5.41) is 13.5. The van der Waals surface area contributed by atoms with Gasteiger partial charge in [0.2, 0.25) is 0 Å². The molecule has 0 fully saturated rings. The Kier molecular flexibility index (Phi) is 11.9. The van der Waals surface area contributed by atoms with E-state index in [1.165, 1.54) is 12.1 Å². The molecule has 5 aromatic carbocycles. The van der Waals surface area contributed by atoms with Crippen molar-refractivity contribution in [3.63, 3.8) is 0 Å². The molecule has 59 heavy (non-hydrogen) atoms. The van der Waals surface area contributed by atoms with Gasteiger partial charge >= 0.3 is 24.0 Å². The number of nitrogens with one attached hydrogen (secondary N) is 4. The van der Waals surface area contributed by atoms with Gasteiger partial charge in [0.25, 0.3) is 0 Å². The predicted octanol–water partition coefficient (Wildman–Crippen LogP) is 6.27. The van der Waals surface area contributed by atoms with E-state index < -0.39 is 29.4 Å². The third-order valence-corrected chi connectivity index (χ3v) is 10.5. The Morgan fingerprint density at radius 1 is 0.610 bits per heavy atom. The fraction of sp³-hybridized carbons (Fsp3) is 0.149. The molecule has 7 rings (SSSR count).